The minimum absolute atomic E-state index is 0.109. The highest BCUT2D eigenvalue weighted by Crippen LogP contribution is 2.14. The van der Waals surface area contributed by atoms with Gasteiger partial charge in [-0.2, -0.15) is 0 Å². The van der Waals surface area contributed by atoms with Crippen molar-refractivity contribution < 1.29 is 28.6 Å². The lowest BCUT2D eigenvalue weighted by atomic mass is 10.1. The number of hydrogen-bond donors (Lipinski definition) is 0. The highest BCUT2D eigenvalue weighted by Gasteiger charge is 2.19. The number of hydrogen-bond acceptors (Lipinski definition) is 6. The zero-order chi connectivity index (χ0) is 59.9. The van der Waals surface area contributed by atoms with E-state index in [0.717, 1.165) is 128 Å². The Bertz CT molecular complexity index is 1840. The Morgan fingerprint density at radius 3 is 0.783 bits per heavy atom. The Balaban J connectivity index is 4.51. The van der Waals surface area contributed by atoms with Crippen LogP contribution in [0.4, 0.5) is 0 Å². The van der Waals surface area contributed by atoms with E-state index in [2.05, 4.69) is 179 Å². The van der Waals surface area contributed by atoms with Gasteiger partial charge in [0.2, 0.25) is 0 Å². The summed E-state index contributed by atoms with van der Waals surface area (Å²) in [5.41, 5.74) is 0. The van der Waals surface area contributed by atoms with Gasteiger partial charge in [0.1, 0.15) is 13.2 Å². The summed E-state index contributed by atoms with van der Waals surface area (Å²) < 4.78 is 16.9. The average Bonchev–Trinajstić information content (AvgIpc) is 3.49. The second kappa shape index (κ2) is 69.5. The molecule has 1 unspecified atom stereocenters. The molecule has 0 fully saturated rings. The zero-order valence-corrected chi connectivity index (χ0v) is 53.7. The van der Waals surface area contributed by atoms with Crippen molar-refractivity contribution in [3.63, 3.8) is 0 Å². The van der Waals surface area contributed by atoms with E-state index in [1.165, 1.54) is 116 Å². The molecule has 0 saturated heterocycles. The normalized spacial score (nSPS) is 13.1. The van der Waals surface area contributed by atoms with Gasteiger partial charge in [0.05, 0.1) is 0 Å². The number of carbonyl (C=O) groups excluding carboxylic acids is 3. The highest BCUT2D eigenvalue weighted by atomic mass is 16.6. The van der Waals surface area contributed by atoms with Crippen LogP contribution in [0.3, 0.4) is 0 Å². The van der Waals surface area contributed by atoms with Crippen molar-refractivity contribution in [2.24, 2.45) is 0 Å². The van der Waals surface area contributed by atoms with Crippen LogP contribution >= 0.6 is 0 Å². The summed E-state index contributed by atoms with van der Waals surface area (Å²) >= 11 is 0. The Labute approximate surface area is 511 Å². The maximum absolute atomic E-state index is 12.9. The van der Waals surface area contributed by atoms with Crippen LogP contribution in [0, 0.1) is 0 Å². The minimum atomic E-state index is -0.819. The first-order valence-corrected chi connectivity index (χ1v) is 34.0. The van der Waals surface area contributed by atoms with Gasteiger partial charge in [-0.25, -0.2) is 0 Å². The molecular weight excluding hydrogens is 1020 g/mol. The minimum Gasteiger partial charge on any atom is -0.462 e. The van der Waals surface area contributed by atoms with Gasteiger partial charge >= 0.3 is 17.9 Å². The summed E-state index contributed by atoms with van der Waals surface area (Å²) in [6, 6.07) is 0. The molecule has 0 aliphatic carbocycles. The van der Waals surface area contributed by atoms with E-state index in [1.54, 1.807) is 0 Å². The van der Waals surface area contributed by atoms with Crippen molar-refractivity contribution in [3.8, 4) is 0 Å². The fourth-order valence-electron chi connectivity index (χ4n) is 8.92. The van der Waals surface area contributed by atoms with Gasteiger partial charge in [0.25, 0.3) is 0 Å². The summed E-state index contributed by atoms with van der Waals surface area (Å²) in [4.78, 5) is 38.4. The molecule has 6 nitrogen and oxygen atoms in total. The van der Waals surface area contributed by atoms with Crippen LogP contribution in [0.5, 0.6) is 0 Å². The lowest BCUT2D eigenvalue weighted by molar-refractivity contribution is -0.167. The van der Waals surface area contributed by atoms with Gasteiger partial charge in [-0.3, -0.25) is 14.4 Å². The molecule has 6 heteroatoms. The summed E-state index contributed by atoms with van der Waals surface area (Å²) in [5, 5.41) is 0. The number of ether oxygens (including phenoxy) is 3. The summed E-state index contributed by atoms with van der Waals surface area (Å²) in [6.45, 7) is 6.44. The van der Waals surface area contributed by atoms with E-state index < -0.39 is 6.10 Å². The quantitative estimate of drug-likeness (QED) is 0.0261. The molecule has 0 N–H and O–H groups in total. The predicted octanol–water partition coefficient (Wildman–Crippen LogP) is 23.7. The maximum Gasteiger partial charge on any atom is 0.306 e. The first-order chi connectivity index (χ1) is 41.0. The SMILES string of the molecule is CC/C=C\C/C=C\C/C=C\C/C=C\C/C=C\C/C=C\C/C=C\C/C=C\C/C=C\CCCC(=O)OCC(COC(=O)CCCCCCCCC/C=C\C/C=C\CCCCCC)OC(=O)CCCCCCCCC/C=C\C/C=C\CCCCCC. The van der Waals surface area contributed by atoms with Crippen molar-refractivity contribution in [2.45, 2.75) is 297 Å². The fraction of sp³-hybridized carbons (Fsp3) is 0.623. The average molecular weight is 1150 g/mol. The predicted molar refractivity (Wildman–Crippen MR) is 362 cm³/mol. The van der Waals surface area contributed by atoms with Crippen LogP contribution in [0.15, 0.2) is 158 Å². The van der Waals surface area contributed by atoms with Crippen LogP contribution in [0.2, 0.25) is 0 Å². The molecule has 0 aromatic heterocycles. The topological polar surface area (TPSA) is 78.9 Å². The van der Waals surface area contributed by atoms with E-state index in [9.17, 15) is 14.4 Å². The summed E-state index contributed by atoms with van der Waals surface area (Å²) in [7, 11) is 0. The lowest BCUT2D eigenvalue weighted by Crippen LogP contribution is -2.30. The zero-order valence-electron chi connectivity index (χ0n) is 53.7. The number of rotatable bonds is 60. The molecule has 0 saturated carbocycles. The number of esters is 3. The molecule has 0 aliphatic heterocycles. The molecule has 0 aliphatic rings. The van der Waals surface area contributed by atoms with E-state index >= 15 is 0 Å². The third-order valence-electron chi connectivity index (χ3n) is 14.0. The van der Waals surface area contributed by atoms with Gasteiger partial charge in [-0.1, -0.05) is 281 Å². The third-order valence-corrected chi connectivity index (χ3v) is 14.0. The Morgan fingerprint density at radius 2 is 0.482 bits per heavy atom. The molecule has 0 aromatic rings. The maximum atomic E-state index is 12.9. The fourth-order valence-corrected chi connectivity index (χ4v) is 8.92. The van der Waals surface area contributed by atoms with Crippen LogP contribution in [0.25, 0.3) is 0 Å². The van der Waals surface area contributed by atoms with Crippen LogP contribution < -0.4 is 0 Å². The van der Waals surface area contributed by atoms with Crippen molar-refractivity contribution in [1.82, 2.24) is 0 Å². The molecule has 0 heterocycles. The van der Waals surface area contributed by atoms with Gasteiger partial charge in [0.15, 0.2) is 6.10 Å². The van der Waals surface area contributed by atoms with Gasteiger partial charge < -0.3 is 14.2 Å². The van der Waals surface area contributed by atoms with Gasteiger partial charge in [-0.15, -0.1) is 0 Å². The monoisotopic (exact) mass is 1140 g/mol. The van der Waals surface area contributed by atoms with Crippen LogP contribution in [-0.2, 0) is 28.6 Å². The number of unbranched alkanes of at least 4 members (excludes halogenated alkanes) is 23. The molecule has 0 radical (unpaired) electrons. The summed E-state index contributed by atoms with van der Waals surface area (Å²) in [5.74, 6) is -0.985. The molecule has 468 valence electrons. The van der Waals surface area contributed by atoms with Gasteiger partial charge in [0, 0.05) is 19.3 Å². The first-order valence-electron chi connectivity index (χ1n) is 34.0. The molecule has 0 amide bonds. The second-order valence-electron chi connectivity index (χ2n) is 22.0. The van der Waals surface area contributed by atoms with Crippen molar-refractivity contribution in [2.75, 3.05) is 13.2 Å². The molecule has 0 spiro atoms. The number of carbonyl (C=O) groups is 3. The largest absolute Gasteiger partial charge is 0.462 e. The van der Waals surface area contributed by atoms with E-state index in [0.29, 0.717) is 19.3 Å². The van der Waals surface area contributed by atoms with E-state index in [4.69, 9.17) is 14.2 Å². The van der Waals surface area contributed by atoms with Crippen LogP contribution in [0.1, 0.15) is 290 Å². The van der Waals surface area contributed by atoms with Crippen LogP contribution in [-0.4, -0.2) is 37.2 Å². The molecular formula is C77H124O6. The molecule has 1 atom stereocenters. The molecule has 0 aromatic carbocycles. The van der Waals surface area contributed by atoms with Crippen molar-refractivity contribution in [1.29, 1.82) is 0 Å². The smallest absolute Gasteiger partial charge is 0.306 e. The second-order valence-corrected chi connectivity index (χ2v) is 22.0. The standard InChI is InChI=1S/C77H124O6/c1-4-7-10-13-16-19-22-25-28-31-34-35-36-37-38-39-40-41-42-43-44-47-49-52-55-58-61-64-67-70-76(79)82-73-74(83-77(80)71-68-65-62-59-56-53-50-46-33-30-27-24-21-18-15-12-9-6-3)72-81-75(78)69-66-63-60-57-54-51-48-45-32-29-26-23-20-17-14-11-8-5-2/h7,10,16,19-21,23-25,28-30,32-35,37-38,40-41,43-44,49,52,58,61,74H,4-6,8-9,11-15,17-18,22,26-27,31,36,39,42,45-48,50-51,53-57,59-60,62-73H2,1-3H3/b10-7-,19-16-,23-20-,24-21-,28-25-,32-29-,33-30-,35-34-,38-37-,41-40-,44-43-,52-49-,61-58-. The third kappa shape index (κ3) is 67.7. The molecule has 83 heavy (non-hydrogen) atoms. The van der Waals surface area contributed by atoms with E-state index in [1.807, 2.05) is 0 Å². The Hall–Kier alpha value is -4.97. The lowest BCUT2D eigenvalue weighted by Gasteiger charge is -2.18. The van der Waals surface area contributed by atoms with Crippen molar-refractivity contribution in [3.05, 3.63) is 158 Å². The molecule has 0 bridgehead atoms. The first kappa shape index (κ1) is 78.0. The summed E-state index contributed by atoms with van der Waals surface area (Å²) in [6.07, 6.45) is 101. The Kier molecular flexibility index (Phi) is 65.4. The van der Waals surface area contributed by atoms with Crippen molar-refractivity contribution >= 4 is 17.9 Å². The highest BCUT2D eigenvalue weighted by molar-refractivity contribution is 5.71. The van der Waals surface area contributed by atoms with E-state index in [-0.39, 0.29) is 37.5 Å². The van der Waals surface area contributed by atoms with Gasteiger partial charge in [-0.05, 0) is 148 Å². The Morgan fingerprint density at radius 1 is 0.253 bits per heavy atom. The molecule has 0 rings (SSSR count). The number of allylic oxidation sites excluding steroid dienone is 26.